The lowest BCUT2D eigenvalue weighted by Crippen LogP contribution is -2.40. The Bertz CT molecular complexity index is 496. The van der Waals surface area contributed by atoms with Gasteiger partial charge in [0.15, 0.2) is 6.61 Å². The number of fused-ring (bicyclic) bond motifs is 1. The monoisotopic (exact) mass is 235 g/mol. The molecule has 0 N–H and O–H groups in total. The summed E-state index contributed by atoms with van der Waals surface area (Å²) in [4.78, 5) is 27.5. The number of anilines is 1. The Morgan fingerprint density at radius 3 is 2.65 bits per heavy atom. The molecule has 1 aliphatic rings. The molecule has 17 heavy (non-hydrogen) atoms. The van der Waals surface area contributed by atoms with E-state index in [4.69, 9.17) is 9.57 Å². The first-order valence-corrected chi connectivity index (χ1v) is 5.24. The van der Waals surface area contributed by atoms with Crippen molar-refractivity contribution >= 4 is 17.6 Å². The van der Waals surface area contributed by atoms with E-state index in [2.05, 4.69) is 0 Å². The van der Waals surface area contributed by atoms with Gasteiger partial charge in [-0.3, -0.25) is 4.79 Å². The fraction of sp³-hybridized carbons (Fsp3) is 0.333. The van der Waals surface area contributed by atoms with E-state index < -0.39 is 11.9 Å². The molecule has 2 rings (SSSR count). The van der Waals surface area contributed by atoms with Crippen molar-refractivity contribution < 1.29 is 19.2 Å². The molecular weight excluding hydrogens is 222 g/mol. The molecule has 0 radical (unpaired) electrons. The summed E-state index contributed by atoms with van der Waals surface area (Å²) in [5.41, 5.74) is 2.53. The van der Waals surface area contributed by atoms with Crippen molar-refractivity contribution in [2.75, 3.05) is 11.7 Å². The molecule has 1 aromatic carbocycles. The third-order valence-electron chi connectivity index (χ3n) is 2.59. The number of nitrogens with zero attached hydrogens (tertiary/aromatic N) is 1. The van der Waals surface area contributed by atoms with E-state index in [1.807, 2.05) is 19.9 Å². The second kappa shape index (κ2) is 4.08. The summed E-state index contributed by atoms with van der Waals surface area (Å²) in [6.07, 6.45) is 0. The number of rotatable bonds is 1. The van der Waals surface area contributed by atoms with Crippen molar-refractivity contribution in [3.05, 3.63) is 23.3 Å². The highest BCUT2D eigenvalue weighted by Crippen LogP contribution is 2.34. The molecule has 0 spiro atoms. The maximum Gasteiger partial charge on any atom is 0.330 e. The summed E-state index contributed by atoms with van der Waals surface area (Å²) < 4.78 is 5.30. The highest BCUT2D eigenvalue weighted by Gasteiger charge is 2.28. The van der Waals surface area contributed by atoms with Crippen LogP contribution in [-0.4, -0.2) is 18.5 Å². The number of hydroxylamine groups is 1. The zero-order chi connectivity index (χ0) is 12.6. The van der Waals surface area contributed by atoms with Crippen molar-refractivity contribution in [3.63, 3.8) is 0 Å². The zero-order valence-electron chi connectivity index (χ0n) is 9.94. The van der Waals surface area contributed by atoms with Gasteiger partial charge in [-0.05, 0) is 37.1 Å². The van der Waals surface area contributed by atoms with Crippen LogP contribution in [0.3, 0.4) is 0 Å². The molecule has 1 heterocycles. The third-order valence-corrected chi connectivity index (χ3v) is 2.59. The number of amides is 1. The molecular formula is C12H13NO4. The Labute approximate surface area is 98.9 Å². The van der Waals surface area contributed by atoms with Gasteiger partial charge in [-0.25, -0.2) is 4.79 Å². The van der Waals surface area contributed by atoms with Crippen molar-refractivity contribution in [3.8, 4) is 5.75 Å². The van der Waals surface area contributed by atoms with Gasteiger partial charge < -0.3 is 9.57 Å². The minimum Gasteiger partial charge on any atom is -0.481 e. The largest absolute Gasteiger partial charge is 0.481 e. The molecule has 1 aromatic rings. The lowest BCUT2D eigenvalue weighted by Gasteiger charge is -2.27. The number of benzene rings is 1. The standard InChI is InChI=1S/C12H13NO4/c1-7-4-10-11(5-8(7)2)16-6-12(15)13(10)17-9(3)14/h4-5H,6H2,1-3H3. The predicted molar refractivity (Wildman–Crippen MR) is 60.7 cm³/mol. The summed E-state index contributed by atoms with van der Waals surface area (Å²) in [5, 5.41) is 0.994. The first-order valence-electron chi connectivity index (χ1n) is 5.24. The first kappa shape index (κ1) is 11.4. The average Bonchev–Trinajstić information content (AvgIpc) is 2.25. The van der Waals surface area contributed by atoms with Gasteiger partial charge in [0.2, 0.25) is 0 Å². The Kier molecular flexibility index (Phi) is 2.75. The Morgan fingerprint density at radius 2 is 2.00 bits per heavy atom. The van der Waals surface area contributed by atoms with E-state index in [-0.39, 0.29) is 6.61 Å². The van der Waals surface area contributed by atoms with Crippen molar-refractivity contribution in [1.82, 2.24) is 0 Å². The van der Waals surface area contributed by atoms with Crippen LogP contribution in [0.1, 0.15) is 18.1 Å². The number of aryl methyl sites for hydroxylation is 2. The SMILES string of the molecule is CC(=O)ON1C(=O)COc2cc(C)c(C)cc21. The van der Waals surface area contributed by atoms with Crippen LogP contribution >= 0.6 is 0 Å². The molecule has 0 saturated carbocycles. The molecule has 5 heteroatoms. The normalized spacial score (nSPS) is 14.1. The molecule has 0 unspecified atom stereocenters. The molecule has 0 saturated heterocycles. The quantitative estimate of drug-likeness (QED) is 0.740. The summed E-state index contributed by atoms with van der Waals surface area (Å²) in [6.45, 7) is 5.00. The van der Waals surface area contributed by atoms with Crippen LogP contribution in [-0.2, 0) is 14.4 Å². The van der Waals surface area contributed by atoms with Gasteiger partial charge in [-0.1, -0.05) is 0 Å². The third kappa shape index (κ3) is 2.08. The molecule has 0 bridgehead atoms. The lowest BCUT2D eigenvalue weighted by molar-refractivity contribution is -0.149. The predicted octanol–water partition coefficient (Wildman–Crippen LogP) is 1.51. The fourth-order valence-electron chi connectivity index (χ4n) is 1.61. The van der Waals surface area contributed by atoms with Crippen molar-refractivity contribution in [2.24, 2.45) is 0 Å². The lowest BCUT2D eigenvalue weighted by atomic mass is 10.1. The molecule has 90 valence electrons. The Balaban J connectivity index is 2.47. The molecule has 1 aliphatic heterocycles. The fourth-order valence-corrected chi connectivity index (χ4v) is 1.61. The number of carbonyl (C=O) groups excluding carboxylic acids is 2. The van der Waals surface area contributed by atoms with Gasteiger partial charge >= 0.3 is 5.97 Å². The van der Waals surface area contributed by atoms with Gasteiger partial charge in [0.05, 0.1) is 0 Å². The minimum absolute atomic E-state index is 0.122. The average molecular weight is 235 g/mol. The number of carbonyl (C=O) groups is 2. The van der Waals surface area contributed by atoms with E-state index >= 15 is 0 Å². The van der Waals surface area contributed by atoms with E-state index in [1.54, 1.807) is 6.07 Å². The first-order chi connectivity index (χ1) is 7.99. The van der Waals surface area contributed by atoms with E-state index in [0.29, 0.717) is 11.4 Å². The summed E-state index contributed by atoms with van der Waals surface area (Å²) >= 11 is 0. The highest BCUT2D eigenvalue weighted by atomic mass is 16.7. The summed E-state index contributed by atoms with van der Waals surface area (Å²) in [7, 11) is 0. The molecule has 5 nitrogen and oxygen atoms in total. The van der Waals surface area contributed by atoms with Crippen LogP contribution < -0.4 is 9.80 Å². The molecule has 1 amide bonds. The van der Waals surface area contributed by atoms with Crippen LogP contribution in [0.4, 0.5) is 5.69 Å². The van der Waals surface area contributed by atoms with Crippen LogP contribution in [0.15, 0.2) is 12.1 Å². The summed E-state index contributed by atoms with van der Waals surface area (Å²) in [5.74, 6) is -0.380. The van der Waals surface area contributed by atoms with Gasteiger partial charge in [-0.2, -0.15) is 0 Å². The topological polar surface area (TPSA) is 55.8 Å². The van der Waals surface area contributed by atoms with Crippen LogP contribution in [0, 0.1) is 13.8 Å². The van der Waals surface area contributed by atoms with Crippen LogP contribution in [0.2, 0.25) is 0 Å². The smallest absolute Gasteiger partial charge is 0.330 e. The number of hydrogen-bond acceptors (Lipinski definition) is 4. The molecule has 0 fully saturated rings. The van der Waals surface area contributed by atoms with Crippen LogP contribution in [0.5, 0.6) is 5.75 Å². The molecule has 0 aliphatic carbocycles. The number of ether oxygens (including phenoxy) is 1. The second-order valence-corrected chi connectivity index (χ2v) is 3.96. The van der Waals surface area contributed by atoms with Crippen molar-refractivity contribution in [2.45, 2.75) is 20.8 Å². The van der Waals surface area contributed by atoms with E-state index in [0.717, 1.165) is 16.2 Å². The highest BCUT2D eigenvalue weighted by molar-refractivity contribution is 5.97. The van der Waals surface area contributed by atoms with Gasteiger partial charge in [0.1, 0.15) is 11.4 Å². The zero-order valence-corrected chi connectivity index (χ0v) is 9.94. The van der Waals surface area contributed by atoms with Gasteiger partial charge in [0, 0.05) is 6.92 Å². The second-order valence-electron chi connectivity index (χ2n) is 3.96. The maximum atomic E-state index is 11.6. The molecule has 0 aromatic heterocycles. The minimum atomic E-state index is -0.538. The van der Waals surface area contributed by atoms with E-state index in [9.17, 15) is 9.59 Å². The van der Waals surface area contributed by atoms with Gasteiger partial charge in [0.25, 0.3) is 5.91 Å². The molecule has 0 atom stereocenters. The van der Waals surface area contributed by atoms with Crippen molar-refractivity contribution in [1.29, 1.82) is 0 Å². The van der Waals surface area contributed by atoms with Crippen LogP contribution in [0.25, 0.3) is 0 Å². The Hall–Kier alpha value is -2.04. The Morgan fingerprint density at radius 1 is 1.35 bits per heavy atom. The maximum absolute atomic E-state index is 11.6. The number of hydrogen-bond donors (Lipinski definition) is 0. The summed E-state index contributed by atoms with van der Waals surface area (Å²) in [6, 6.07) is 3.60. The van der Waals surface area contributed by atoms with E-state index in [1.165, 1.54) is 6.92 Å². The van der Waals surface area contributed by atoms with Gasteiger partial charge in [-0.15, -0.1) is 5.06 Å².